The highest BCUT2D eigenvalue weighted by Gasteiger charge is 2.24. The molecule has 0 N–H and O–H groups in total. The van der Waals surface area contributed by atoms with Gasteiger partial charge in [0.25, 0.3) is 0 Å². The highest BCUT2D eigenvalue weighted by Crippen LogP contribution is 2.30. The van der Waals surface area contributed by atoms with Gasteiger partial charge in [-0.2, -0.15) is 0 Å². The molecule has 1 atom stereocenters. The van der Waals surface area contributed by atoms with E-state index < -0.39 is 10.8 Å². The first kappa shape index (κ1) is 16.2. The molecule has 0 radical (unpaired) electrons. The molecule has 0 bridgehead atoms. The molecule has 0 fully saturated rings. The summed E-state index contributed by atoms with van der Waals surface area (Å²) >= 11 is 6.19. The van der Waals surface area contributed by atoms with E-state index >= 15 is 0 Å². The molecule has 0 amide bonds. The van der Waals surface area contributed by atoms with Crippen molar-refractivity contribution in [2.45, 2.75) is 11.7 Å². The molecular weight excluding hydrogens is 361 g/mol. The Kier molecular flexibility index (Phi) is 4.01. The van der Waals surface area contributed by atoms with E-state index in [9.17, 15) is 8.60 Å². The van der Waals surface area contributed by atoms with Crippen molar-refractivity contribution >= 4 is 28.1 Å². The van der Waals surface area contributed by atoms with Crippen LogP contribution in [-0.4, -0.2) is 25.7 Å². The SMILES string of the molecule is CS(=O)c1ncc2n1-c1ccc(Cl)cc1C(c1ccccc1F)=NC2. The zero-order valence-corrected chi connectivity index (χ0v) is 14.8. The van der Waals surface area contributed by atoms with Crippen LogP contribution in [0.5, 0.6) is 0 Å². The fourth-order valence-corrected chi connectivity index (χ4v) is 3.81. The van der Waals surface area contributed by atoms with Gasteiger partial charge in [-0.25, -0.2) is 9.37 Å². The van der Waals surface area contributed by atoms with Crippen LogP contribution in [-0.2, 0) is 17.3 Å². The summed E-state index contributed by atoms with van der Waals surface area (Å²) in [5.74, 6) is -0.351. The largest absolute Gasteiger partial charge is 0.287 e. The van der Waals surface area contributed by atoms with Crippen LogP contribution in [0.3, 0.4) is 0 Å². The van der Waals surface area contributed by atoms with Gasteiger partial charge in [0.1, 0.15) is 5.82 Å². The molecule has 0 spiro atoms. The van der Waals surface area contributed by atoms with E-state index in [1.807, 2.05) is 10.6 Å². The van der Waals surface area contributed by atoms with Gasteiger partial charge in [-0.05, 0) is 30.3 Å². The molecule has 1 unspecified atom stereocenters. The monoisotopic (exact) mass is 373 g/mol. The van der Waals surface area contributed by atoms with Gasteiger partial charge in [0, 0.05) is 22.4 Å². The van der Waals surface area contributed by atoms with Gasteiger partial charge < -0.3 is 0 Å². The number of nitrogens with zero attached hydrogens (tertiary/aromatic N) is 3. The first-order chi connectivity index (χ1) is 12.1. The summed E-state index contributed by atoms with van der Waals surface area (Å²) in [6.45, 7) is 0.306. The van der Waals surface area contributed by atoms with Gasteiger partial charge in [0.2, 0.25) is 5.16 Å². The molecule has 4 rings (SSSR count). The Morgan fingerprint density at radius 1 is 1.20 bits per heavy atom. The molecule has 1 aliphatic rings. The summed E-state index contributed by atoms with van der Waals surface area (Å²) in [6, 6.07) is 11.8. The maximum absolute atomic E-state index is 14.4. The highest BCUT2D eigenvalue weighted by atomic mass is 35.5. The maximum Gasteiger partial charge on any atom is 0.203 e. The van der Waals surface area contributed by atoms with Crippen molar-refractivity contribution in [3.63, 3.8) is 0 Å². The van der Waals surface area contributed by atoms with Gasteiger partial charge in [-0.15, -0.1) is 0 Å². The number of aromatic nitrogens is 2. The fraction of sp³-hybridized carbons (Fsp3) is 0.111. The average molecular weight is 374 g/mol. The van der Waals surface area contributed by atoms with Gasteiger partial charge >= 0.3 is 0 Å². The molecule has 2 aromatic carbocycles. The lowest BCUT2D eigenvalue weighted by molar-refractivity contribution is 0.625. The van der Waals surface area contributed by atoms with Crippen molar-refractivity contribution in [2.24, 2.45) is 4.99 Å². The lowest BCUT2D eigenvalue weighted by atomic mass is 10.00. The summed E-state index contributed by atoms with van der Waals surface area (Å²) in [5.41, 5.74) is 3.14. The van der Waals surface area contributed by atoms with Crippen molar-refractivity contribution in [2.75, 3.05) is 6.26 Å². The number of aliphatic imine (C=N–C) groups is 1. The molecule has 25 heavy (non-hydrogen) atoms. The minimum Gasteiger partial charge on any atom is -0.287 e. The van der Waals surface area contributed by atoms with E-state index in [-0.39, 0.29) is 5.82 Å². The van der Waals surface area contributed by atoms with E-state index in [1.54, 1.807) is 42.8 Å². The first-order valence-corrected chi connectivity index (χ1v) is 9.49. The number of halogens is 2. The summed E-state index contributed by atoms with van der Waals surface area (Å²) in [4.78, 5) is 8.87. The zero-order valence-electron chi connectivity index (χ0n) is 13.2. The Morgan fingerprint density at radius 3 is 2.76 bits per heavy atom. The molecule has 2 heterocycles. The molecule has 0 aliphatic carbocycles. The van der Waals surface area contributed by atoms with Crippen LogP contribution in [0.2, 0.25) is 5.02 Å². The summed E-state index contributed by atoms with van der Waals surface area (Å²) < 4.78 is 28.3. The second-order valence-corrected chi connectivity index (χ2v) is 7.34. The molecule has 126 valence electrons. The molecule has 1 aromatic heterocycles. The van der Waals surface area contributed by atoms with Crippen LogP contribution < -0.4 is 0 Å². The van der Waals surface area contributed by atoms with E-state index in [2.05, 4.69) is 9.98 Å². The van der Waals surface area contributed by atoms with E-state index in [1.165, 1.54) is 6.07 Å². The third kappa shape index (κ3) is 2.71. The Bertz CT molecular complexity index is 1040. The molecule has 4 nitrogen and oxygen atoms in total. The van der Waals surface area contributed by atoms with Crippen molar-refractivity contribution < 1.29 is 8.60 Å². The number of imidazole rings is 1. The lowest BCUT2D eigenvalue weighted by Crippen LogP contribution is -2.11. The van der Waals surface area contributed by atoms with Crippen molar-refractivity contribution in [3.05, 3.63) is 76.3 Å². The maximum atomic E-state index is 14.4. The summed E-state index contributed by atoms with van der Waals surface area (Å²) in [7, 11) is -1.27. The standard InChI is InChI=1S/C18H13ClFN3OS/c1-25(24)18-22-10-12-9-21-17(13-4-2-3-5-15(13)20)14-8-11(19)6-7-16(14)23(12)18/h2-8,10H,9H2,1H3. The molecule has 0 saturated heterocycles. The summed E-state index contributed by atoms with van der Waals surface area (Å²) in [6.07, 6.45) is 3.23. The second-order valence-electron chi connectivity index (χ2n) is 5.63. The third-order valence-corrected chi connectivity index (χ3v) is 5.08. The van der Waals surface area contributed by atoms with E-state index in [0.29, 0.717) is 33.6 Å². The molecule has 1 aliphatic heterocycles. The molecule has 7 heteroatoms. The Labute approximate surface area is 151 Å². The van der Waals surface area contributed by atoms with Crippen molar-refractivity contribution in [1.29, 1.82) is 0 Å². The Balaban J connectivity index is 2.03. The van der Waals surface area contributed by atoms with E-state index in [4.69, 9.17) is 11.6 Å². The van der Waals surface area contributed by atoms with Gasteiger partial charge in [0.15, 0.2) is 0 Å². The van der Waals surface area contributed by atoms with Crippen molar-refractivity contribution in [3.8, 4) is 5.69 Å². The van der Waals surface area contributed by atoms with Crippen LogP contribution >= 0.6 is 11.6 Å². The van der Waals surface area contributed by atoms with Crippen LogP contribution in [0.25, 0.3) is 5.69 Å². The van der Waals surface area contributed by atoms with Gasteiger partial charge in [0.05, 0.1) is 40.6 Å². The van der Waals surface area contributed by atoms with Gasteiger partial charge in [-0.3, -0.25) is 13.8 Å². The number of benzene rings is 2. The fourth-order valence-electron chi connectivity index (χ4n) is 2.96. The van der Waals surface area contributed by atoms with Crippen LogP contribution in [0.15, 0.2) is 58.8 Å². The number of hydrogen-bond acceptors (Lipinski definition) is 3. The first-order valence-electron chi connectivity index (χ1n) is 7.56. The lowest BCUT2D eigenvalue weighted by Gasteiger charge is -2.14. The minimum absolute atomic E-state index is 0.306. The van der Waals surface area contributed by atoms with E-state index in [0.717, 1.165) is 11.4 Å². The minimum atomic E-state index is -1.27. The van der Waals surface area contributed by atoms with Crippen LogP contribution in [0, 0.1) is 5.82 Å². The highest BCUT2D eigenvalue weighted by molar-refractivity contribution is 7.84. The quantitative estimate of drug-likeness (QED) is 0.686. The number of rotatable bonds is 2. The van der Waals surface area contributed by atoms with Crippen LogP contribution in [0.4, 0.5) is 4.39 Å². The Hall–Kier alpha value is -2.31. The predicted octanol–water partition coefficient (Wildman–Crippen LogP) is 3.75. The van der Waals surface area contributed by atoms with Crippen LogP contribution in [0.1, 0.15) is 16.8 Å². The average Bonchev–Trinajstić information content (AvgIpc) is 2.94. The van der Waals surface area contributed by atoms with Crippen molar-refractivity contribution in [1.82, 2.24) is 9.55 Å². The number of hydrogen-bond donors (Lipinski definition) is 0. The zero-order chi connectivity index (χ0) is 17.6. The number of fused-ring (bicyclic) bond motifs is 3. The van der Waals surface area contributed by atoms with Gasteiger partial charge in [-0.1, -0.05) is 23.7 Å². The predicted molar refractivity (Wildman–Crippen MR) is 96.6 cm³/mol. The normalized spacial score (nSPS) is 14.3. The summed E-state index contributed by atoms with van der Waals surface area (Å²) in [5, 5.41) is 0.953. The molecular formula is C18H13ClFN3OS. The Morgan fingerprint density at radius 2 is 2.00 bits per heavy atom. The topological polar surface area (TPSA) is 47.2 Å². The molecule has 0 saturated carbocycles. The second kappa shape index (κ2) is 6.20. The smallest absolute Gasteiger partial charge is 0.203 e. The molecule has 3 aromatic rings. The third-order valence-electron chi connectivity index (χ3n) is 4.04.